The third-order valence-electron chi connectivity index (χ3n) is 8.19. The molecule has 0 radical (unpaired) electrons. The summed E-state index contributed by atoms with van der Waals surface area (Å²) in [5.74, 6) is 0. The van der Waals surface area contributed by atoms with Gasteiger partial charge in [0, 0.05) is 0 Å². The molecule has 0 saturated heterocycles. The molecule has 50 heavy (non-hydrogen) atoms. The van der Waals surface area contributed by atoms with Gasteiger partial charge in [0.05, 0.1) is 0 Å². The molecule has 0 bridgehead atoms. The normalized spacial score (nSPS) is 12.2. The van der Waals surface area contributed by atoms with Crippen LogP contribution in [0.2, 0.25) is 0 Å². The van der Waals surface area contributed by atoms with E-state index in [9.17, 15) is 0 Å². The SMILES string of the molecule is CC(C)(C)c1ccc2[cH-]c3ccc(C(C)(C)C)cc3c2c1.[Cl][Zr]([Cl])=[C](c1ccc(C(Cl)(Cl)Cl)cc1)c1ccc(C(Cl)(Cl)Cl)cc1.c1cc[cH-]c1. The first-order valence-corrected chi connectivity index (χ1v) is 25.7. The quantitative estimate of drug-likeness (QED) is 0.120. The fraction of sp³-hybridized carbons (Fsp3) is 0.244. The van der Waals surface area contributed by atoms with Gasteiger partial charge in [-0.15, -0.1) is 39.7 Å². The van der Waals surface area contributed by atoms with E-state index >= 15 is 0 Å². The van der Waals surface area contributed by atoms with E-state index in [1.54, 1.807) is 24.3 Å². The van der Waals surface area contributed by atoms with E-state index in [-0.39, 0.29) is 10.8 Å². The first-order valence-electron chi connectivity index (χ1n) is 15.9. The number of rotatable bonds is 2. The van der Waals surface area contributed by atoms with Crippen molar-refractivity contribution in [3.05, 3.63) is 155 Å². The Bertz CT molecular complexity index is 1880. The van der Waals surface area contributed by atoms with Gasteiger partial charge in [-0.3, -0.25) is 0 Å². The summed E-state index contributed by atoms with van der Waals surface area (Å²) < 4.78 is -2.06. The standard InChI is InChI=1S/C21H25.C15H8Cl6.C5H5.2ClH.Zr/c1-20(2,3)16-9-7-14-11-15-8-10-17(21(4,5)6)13-19(15)18(14)12-16;16-14(17,18)12-5-1-10(2-6-12)9-11-3-7-13(8-4-11)15(19,20)21;1-2-4-5-3-1;;;/h7-13H,1-6H3;1-8H;1-5H;2*1H;/q-1;;-1;;;+2/p-2. The molecule has 0 saturated carbocycles. The number of halogens is 8. The van der Waals surface area contributed by atoms with Gasteiger partial charge in [0.25, 0.3) is 0 Å². The van der Waals surface area contributed by atoms with Gasteiger partial charge in [0.1, 0.15) is 0 Å². The molecule has 0 N–H and O–H groups in total. The van der Waals surface area contributed by atoms with Crippen molar-refractivity contribution in [1.29, 1.82) is 0 Å². The van der Waals surface area contributed by atoms with E-state index in [1.165, 1.54) is 32.7 Å². The molecule has 0 amide bonds. The average molecular weight is 906 g/mol. The Balaban J connectivity index is 0.000000198. The predicted molar refractivity (Wildman–Crippen MR) is 223 cm³/mol. The van der Waals surface area contributed by atoms with E-state index in [1.807, 2.05) is 54.6 Å². The molecule has 0 aliphatic rings. The average Bonchev–Trinajstić information content (AvgIpc) is 3.72. The van der Waals surface area contributed by atoms with E-state index in [0.29, 0.717) is 11.1 Å². The van der Waals surface area contributed by atoms with Crippen molar-refractivity contribution in [2.24, 2.45) is 0 Å². The number of fused-ring (bicyclic) bond motifs is 3. The van der Waals surface area contributed by atoms with Crippen LogP contribution in [0.5, 0.6) is 0 Å². The molecule has 0 aromatic heterocycles. The molecular formula is C41H38Cl8Zr-2. The van der Waals surface area contributed by atoms with Crippen LogP contribution in [0, 0.1) is 0 Å². The van der Waals surface area contributed by atoms with Gasteiger partial charge in [-0.25, -0.2) is 12.1 Å². The fourth-order valence-electron chi connectivity index (χ4n) is 5.29. The van der Waals surface area contributed by atoms with E-state index in [4.69, 9.17) is 86.6 Å². The molecule has 0 fully saturated rings. The monoisotopic (exact) mass is 900 g/mol. The van der Waals surface area contributed by atoms with Crippen molar-refractivity contribution in [2.45, 2.75) is 60.0 Å². The van der Waals surface area contributed by atoms with Crippen LogP contribution in [0.15, 0.2) is 121 Å². The molecule has 0 unspecified atom stereocenters. The molecule has 0 nitrogen and oxygen atoms in total. The third kappa shape index (κ3) is 11.3. The molecule has 264 valence electrons. The minimum Gasteiger partial charge on any atom is -0.214 e. The fourth-order valence-corrected chi connectivity index (χ4v) is 10.5. The molecule has 6 aromatic carbocycles. The summed E-state index contributed by atoms with van der Waals surface area (Å²) in [6.45, 7) is 13.7. The molecule has 6 aromatic rings. The summed E-state index contributed by atoms with van der Waals surface area (Å²) in [5, 5.41) is 5.49. The molecule has 0 heterocycles. The Hall–Kier alpha value is -0.827. The number of alkyl halides is 6. The van der Waals surface area contributed by atoms with Crippen LogP contribution in [0.4, 0.5) is 0 Å². The van der Waals surface area contributed by atoms with Gasteiger partial charge in [0.2, 0.25) is 0 Å². The molecule has 6 rings (SSSR count). The second-order valence-electron chi connectivity index (χ2n) is 14.0. The van der Waals surface area contributed by atoms with E-state index in [2.05, 4.69) is 84.0 Å². The molecule has 9 heteroatoms. The Morgan fingerprint density at radius 3 is 1.10 bits per heavy atom. The largest absolute Gasteiger partial charge is 0.214 e. The maximum atomic E-state index is 6.34. The summed E-state index contributed by atoms with van der Waals surface area (Å²) in [4.78, 5) is 0. The maximum Gasteiger partial charge on any atom is -0.172 e. The Morgan fingerprint density at radius 2 is 0.840 bits per heavy atom. The Kier molecular flexibility index (Phi) is 14.3. The molecule has 0 atom stereocenters. The first-order chi connectivity index (χ1) is 23.2. The van der Waals surface area contributed by atoms with Gasteiger partial charge >= 0.3 is 187 Å². The minimum atomic E-state index is -2.79. The van der Waals surface area contributed by atoms with Crippen LogP contribution in [-0.2, 0) is 37.3 Å². The zero-order valence-electron chi connectivity index (χ0n) is 28.6. The minimum absolute atomic E-state index is 0.194. The summed E-state index contributed by atoms with van der Waals surface area (Å²) in [6.07, 6.45) is 0. The topological polar surface area (TPSA) is 0 Å². The Labute approximate surface area is 341 Å². The predicted octanol–water partition coefficient (Wildman–Crippen LogP) is 15.5. The van der Waals surface area contributed by atoms with Crippen molar-refractivity contribution >= 4 is 111 Å². The molecular weight excluding hydrogens is 867 g/mol. The third-order valence-corrected chi connectivity index (χ3v) is 14.1. The number of benzene rings is 4. The van der Waals surface area contributed by atoms with Crippen LogP contribution in [0.25, 0.3) is 21.5 Å². The number of hydrogen-bond donors (Lipinski definition) is 0. The maximum absolute atomic E-state index is 6.34. The van der Waals surface area contributed by atoms with Crippen LogP contribution < -0.4 is 0 Å². The van der Waals surface area contributed by atoms with E-state index in [0.717, 1.165) is 14.3 Å². The van der Waals surface area contributed by atoms with Gasteiger partial charge in [-0.1, -0.05) is 76.9 Å². The molecule has 0 aliphatic carbocycles. The van der Waals surface area contributed by atoms with Crippen LogP contribution >= 0.6 is 86.6 Å². The van der Waals surface area contributed by atoms with Crippen molar-refractivity contribution < 1.29 is 18.9 Å². The van der Waals surface area contributed by atoms with Crippen molar-refractivity contribution in [2.75, 3.05) is 0 Å². The van der Waals surface area contributed by atoms with Gasteiger partial charge in [-0.2, -0.15) is 18.2 Å². The zero-order chi connectivity index (χ0) is 37.1. The van der Waals surface area contributed by atoms with Gasteiger partial charge in [-0.05, 0) is 10.8 Å². The smallest absolute Gasteiger partial charge is 0.172 e. The second-order valence-corrected chi connectivity index (χ2v) is 26.7. The molecule has 0 aliphatic heterocycles. The van der Waals surface area contributed by atoms with Crippen molar-refractivity contribution in [1.82, 2.24) is 0 Å². The van der Waals surface area contributed by atoms with Crippen molar-refractivity contribution in [3.63, 3.8) is 0 Å². The summed E-state index contributed by atoms with van der Waals surface area (Å²) >= 11 is 32.5. The first kappa shape index (κ1) is 41.9. The zero-order valence-corrected chi connectivity index (χ0v) is 37.1. The summed E-state index contributed by atoms with van der Waals surface area (Å²) in [7, 11) is 12.7. The molecule has 0 spiro atoms. The van der Waals surface area contributed by atoms with Crippen LogP contribution in [0.1, 0.15) is 74.9 Å². The van der Waals surface area contributed by atoms with Crippen LogP contribution in [0.3, 0.4) is 0 Å². The number of hydrogen-bond acceptors (Lipinski definition) is 0. The summed E-state index contributed by atoms with van der Waals surface area (Å²) in [5.41, 5.74) is 6.10. The van der Waals surface area contributed by atoms with Gasteiger partial charge < -0.3 is 0 Å². The van der Waals surface area contributed by atoms with Crippen LogP contribution in [-0.4, -0.2) is 3.21 Å². The van der Waals surface area contributed by atoms with Gasteiger partial charge in [0.15, 0.2) is 0 Å². The Morgan fingerprint density at radius 1 is 0.500 bits per heavy atom. The summed E-state index contributed by atoms with van der Waals surface area (Å²) in [6, 6.07) is 40.4. The van der Waals surface area contributed by atoms with Crippen molar-refractivity contribution in [3.8, 4) is 0 Å². The van der Waals surface area contributed by atoms with E-state index < -0.39 is 26.5 Å². The second kappa shape index (κ2) is 17.1.